The third-order valence-electron chi connectivity index (χ3n) is 0.783. The molecule has 0 radical (unpaired) electrons. The Kier molecular flexibility index (Phi) is 5.06. The van der Waals surface area contributed by atoms with Crippen molar-refractivity contribution in [2.75, 3.05) is 12.4 Å². The topological polar surface area (TPSA) is 52.3 Å². The maximum Gasteiger partial charge on any atom is 0.333 e. The maximum absolute atomic E-state index is 10.6. The van der Waals surface area contributed by atoms with Crippen LogP contribution < -0.4 is 5.14 Å². The van der Waals surface area contributed by atoms with Crippen LogP contribution >= 0.6 is 11.9 Å². The van der Waals surface area contributed by atoms with E-state index in [0.717, 1.165) is 11.9 Å². The lowest BCUT2D eigenvalue weighted by Crippen LogP contribution is -2.08. The SMILES string of the molecule is C=C(C)C(=O)OCCSN. The predicted octanol–water partition coefficient (Wildman–Crippen LogP) is 0.713. The summed E-state index contributed by atoms with van der Waals surface area (Å²) in [7, 11) is 0. The Bertz CT molecular complexity index is 136. The standard InChI is InChI=1S/C6H11NO2S/c1-5(2)6(8)9-3-4-10-7/h1,3-4,7H2,2H3. The van der Waals surface area contributed by atoms with Gasteiger partial charge < -0.3 is 4.74 Å². The van der Waals surface area contributed by atoms with Crippen LogP contribution in [0.2, 0.25) is 0 Å². The van der Waals surface area contributed by atoms with Crippen LogP contribution in [-0.4, -0.2) is 18.3 Å². The highest BCUT2D eigenvalue weighted by molar-refractivity contribution is 7.97. The molecule has 0 aromatic heterocycles. The van der Waals surface area contributed by atoms with E-state index in [9.17, 15) is 4.79 Å². The Labute approximate surface area is 64.7 Å². The lowest BCUT2D eigenvalue weighted by molar-refractivity contribution is -0.138. The van der Waals surface area contributed by atoms with Crippen molar-refractivity contribution < 1.29 is 9.53 Å². The fourth-order valence-corrected chi connectivity index (χ4v) is 0.485. The van der Waals surface area contributed by atoms with E-state index in [-0.39, 0.29) is 5.97 Å². The van der Waals surface area contributed by atoms with Crippen LogP contribution in [0.4, 0.5) is 0 Å². The Morgan fingerprint density at radius 2 is 2.40 bits per heavy atom. The Morgan fingerprint density at radius 3 is 2.80 bits per heavy atom. The van der Waals surface area contributed by atoms with E-state index < -0.39 is 0 Å². The Morgan fingerprint density at radius 1 is 1.80 bits per heavy atom. The Balaban J connectivity index is 3.31. The number of hydrogen-bond donors (Lipinski definition) is 1. The monoisotopic (exact) mass is 161 g/mol. The third-order valence-corrected chi connectivity index (χ3v) is 1.19. The number of nitrogens with two attached hydrogens (primary N) is 1. The first-order valence-electron chi connectivity index (χ1n) is 2.82. The van der Waals surface area contributed by atoms with E-state index in [1.54, 1.807) is 6.92 Å². The van der Waals surface area contributed by atoms with Crippen molar-refractivity contribution in [2.45, 2.75) is 6.92 Å². The summed E-state index contributed by atoms with van der Waals surface area (Å²) in [6, 6.07) is 0. The summed E-state index contributed by atoms with van der Waals surface area (Å²) in [4.78, 5) is 10.6. The normalized spacial score (nSPS) is 9.00. The summed E-state index contributed by atoms with van der Waals surface area (Å²) >= 11 is 1.15. The molecule has 0 aromatic carbocycles. The number of ether oxygens (including phenoxy) is 1. The number of hydrogen-bond acceptors (Lipinski definition) is 4. The number of carbonyl (C=O) groups is 1. The van der Waals surface area contributed by atoms with Crippen LogP contribution in [0.5, 0.6) is 0 Å². The van der Waals surface area contributed by atoms with E-state index in [0.29, 0.717) is 17.9 Å². The molecule has 0 unspecified atom stereocenters. The summed E-state index contributed by atoms with van der Waals surface area (Å²) in [5.74, 6) is 0.271. The fourth-order valence-electron chi connectivity index (χ4n) is 0.306. The van der Waals surface area contributed by atoms with Crippen LogP contribution in [0.15, 0.2) is 12.2 Å². The van der Waals surface area contributed by atoms with Crippen molar-refractivity contribution >= 4 is 17.9 Å². The van der Waals surface area contributed by atoms with E-state index in [1.165, 1.54) is 0 Å². The highest BCUT2D eigenvalue weighted by Gasteiger charge is 2.00. The van der Waals surface area contributed by atoms with E-state index in [2.05, 4.69) is 6.58 Å². The van der Waals surface area contributed by atoms with Gasteiger partial charge in [0, 0.05) is 11.3 Å². The van der Waals surface area contributed by atoms with Gasteiger partial charge in [0.15, 0.2) is 0 Å². The van der Waals surface area contributed by atoms with Gasteiger partial charge in [0.05, 0.1) is 0 Å². The van der Waals surface area contributed by atoms with Crippen molar-refractivity contribution in [3.8, 4) is 0 Å². The summed E-state index contributed by atoms with van der Waals surface area (Å²) in [6.45, 7) is 5.38. The van der Waals surface area contributed by atoms with E-state index >= 15 is 0 Å². The summed E-state index contributed by atoms with van der Waals surface area (Å²) < 4.78 is 4.70. The molecule has 0 bridgehead atoms. The minimum Gasteiger partial charge on any atom is -0.461 e. The highest BCUT2D eigenvalue weighted by Crippen LogP contribution is 1.93. The fraction of sp³-hybridized carbons (Fsp3) is 0.500. The van der Waals surface area contributed by atoms with Gasteiger partial charge in [-0.1, -0.05) is 18.5 Å². The molecule has 0 aliphatic rings. The van der Waals surface area contributed by atoms with Gasteiger partial charge in [-0.3, -0.25) is 5.14 Å². The molecule has 2 N–H and O–H groups in total. The third kappa shape index (κ3) is 4.40. The van der Waals surface area contributed by atoms with Gasteiger partial charge in [-0.25, -0.2) is 4.79 Å². The molecule has 0 saturated carbocycles. The van der Waals surface area contributed by atoms with Gasteiger partial charge in [-0.15, -0.1) is 0 Å². The van der Waals surface area contributed by atoms with Crippen LogP contribution in [0.1, 0.15) is 6.92 Å². The smallest absolute Gasteiger partial charge is 0.333 e. The number of rotatable bonds is 4. The Hall–Kier alpha value is -0.480. The molecule has 0 aliphatic heterocycles. The molecule has 4 heteroatoms. The minimum absolute atomic E-state index is 0.353. The van der Waals surface area contributed by atoms with Crippen LogP contribution in [0, 0.1) is 0 Å². The molecule has 0 spiro atoms. The van der Waals surface area contributed by atoms with Gasteiger partial charge in [-0.05, 0) is 6.92 Å². The van der Waals surface area contributed by atoms with E-state index in [1.807, 2.05) is 0 Å². The molecule has 0 fully saturated rings. The van der Waals surface area contributed by atoms with Crippen LogP contribution in [0.3, 0.4) is 0 Å². The number of esters is 1. The van der Waals surface area contributed by atoms with Crippen molar-refractivity contribution in [3.05, 3.63) is 12.2 Å². The first-order chi connectivity index (χ1) is 4.68. The lowest BCUT2D eigenvalue weighted by atomic mass is 10.4. The molecule has 0 rings (SSSR count). The first-order valence-corrected chi connectivity index (χ1v) is 3.87. The molecule has 58 valence electrons. The average Bonchev–Trinajstić information content (AvgIpc) is 1.88. The second kappa shape index (κ2) is 5.32. The molecule has 10 heavy (non-hydrogen) atoms. The molecular formula is C6H11NO2S. The van der Waals surface area contributed by atoms with Crippen molar-refractivity contribution in [1.29, 1.82) is 0 Å². The van der Waals surface area contributed by atoms with Crippen molar-refractivity contribution in [1.82, 2.24) is 0 Å². The van der Waals surface area contributed by atoms with E-state index in [4.69, 9.17) is 9.88 Å². The molecule has 0 saturated heterocycles. The predicted molar refractivity (Wildman–Crippen MR) is 42.4 cm³/mol. The molecule has 0 aromatic rings. The summed E-state index contributed by atoms with van der Waals surface area (Å²) in [6.07, 6.45) is 0. The zero-order valence-corrected chi connectivity index (χ0v) is 6.74. The van der Waals surface area contributed by atoms with Gasteiger partial charge in [-0.2, -0.15) is 0 Å². The quantitative estimate of drug-likeness (QED) is 0.285. The number of carbonyl (C=O) groups excluding carboxylic acids is 1. The summed E-state index contributed by atoms with van der Waals surface area (Å²) in [5.41, 5.74) is 0.419. The van der Waals surface area contributed by atoms with Gasteiger partial charge in [0.25, 0.3) is 0 Å². The summed E-state index contributed by atoms with van der Waals surface area (Å²) in [5, 5.41) is 5.09. The lowest BCUT2D eigenvalue weighted by Gasteiger charge is -2.00. The second-order valence-electron chi connectivity index (χ2n) is 1.79. The molecular weight excluding hydrogens is 150 g/mol. The molecule has 0 amide bonds. The average molecular weight is 161 g/mol. The molecule has 3 nitrogen and oxygen atoms in total. The minimum atomic E-state index is -0.353. The second-order valence-corrected chi connectivity index (χ2v) is 2.53. The largest absolute Gasteiger partial charge is 0.461 e. The van der Waals surface area contributed by atoms with Crippen LogP contribution in [-0.2, 0) is 9.53 Å². The first kappa shape index (κ1) is 9.52. The zero-order chi connectivity index (χ0) is 7.98. The van der Waals surface area contributed by atoms with Gasteiger partial charge in [0.1, 0.15) is 6.61 Å². The molecule has 0 atom stereocenters. The van der Waals surface area contributed by atoms with Crippen molar-refractivity contribution in [3.63, 3.8) is 0 Å². The van der Waals surface area contributed by atoms with Gasteiger partial charge in [0.2, 0.25) is 0 Å². The van der Waals surface area contributed by atoms with Crippen LogP contribution in [0.25, 0.3) is 0 Å². The zero-order valence-electron chi connectivity index (χ0n) is 5.92. The molecule has 0 aliphatic carbocycles. The highest BCUT2D eigenvalue weighted by atomic mass is 32.2. The van der Waals surface area contributed by atoms with Crippen molar-refractivity contribution in [2.24, 2.45) is 5.14 Å². The molecule has 0 heterocycles. The van der Waals surface area contributed by atoms with Gasteiger partial charge >= 0.3 is 5.97 Å². The maximum atomic E-state index is 10.6.